The number of anilines is 1. The molecule has 156 valence electrons. The zero-order valence-electron chi connectivity index (χ0n) is 16.9. The number of imide groups is 1. The summed E-state index contributed by atoms with van der Waals surface area (Å²) >= 11 is 0. The number of carbonyl (C=O) groups excluding carboxylic acids is 3. The highest BCUT2D eigenvalue weighted by Gasteiger charge is 2.30. The normalized spacial score (nSPS) is 13.4. The Morgan fingerprint density at radius 3 is 2.23 bits per heavy atom. The minimum absolute atomic E-state index is 0.210. The first-order valence-electron chi connectivity index (χ1n) is 10.1. The molecule has 4 rings (SSSR count). The Kier molecular flexibility index (Phi) is 6.08. The highest BCUT2D eigenvalue weighted by molar-refractivity contribution is 6.19. The summed E-state index contributed by atoms with van der Waals surface area (Å²) in [7, 11) is 0. The number of hydrogen-bond acceptors (Lipinski definition) is 4. The SMILES string of the molecule is O=C(NCc1cccc(COc2ccccc2)c1)c1ccc(N2C(=O)CCC2=O)cc1. The Morgan fingerprint density at radius 1 is 0.839 bits per heavy atom. The third kappa shape index (κ3) is 4.98. The van der Waals surface area contributed by atoms with Gasteiger partial charge < -0.3 is 10.1 Å². The number of nitrogens with one attached hydrogen (secondary N) is 1. The molecule has 6 heteroatoms. The minimum atomic E-state index is -0.225. The van der Waals surface area contributed by atoms with E-state index < -0.39 is 0 Å². The van der Waals surface area contributed by atoms with Crippen LogP contribution in [-0.4, -0.2) is 17.7 Å². The Morgan fingerprint density at radius 2 is 1.52 bits per heavy atom. The number of carbonyl (C=O) groups is 3. The molecule has 0 aromatic heterocycles. The summed E-state index contributed by atoms with van der Waals surface area (Å²) in [6.45, 7) is 0.823. The molecule has 0 aliphatic carbocycles. The maximum atomic E-state index is 12.5. The summed E-state index contributed by atoms with van der Waals surface area (Å²) in [6, 6.07) is 23.9. The molecule has 1 saturated heterocycles. The second-order valence-corrected chi connectivity index (χ2v) is 7.27. The van der Waals surface area contributed by atoms with Gasteiger partial charge in [-0.05, 0) is 47.5 Å². The number of amides is 3. The first-order chi connectivity index (χ1) is 15.1. The highest BCUT2D eigenvalue weighted by atomic mass is 16.5. The molecule has 1 heterocycles. The summed E-state index contributed by atoms with van der Waals surface area (Å²) in [5.74, 6) is 0.162. The molecule has 0 spiro atoms. The molecule has 0 radical (unpaired) electrons. The van der Waals surface area contributed by atoms with Crippen LogP contribution in [0.3, 0.4) is 0 Å². The first-order valence-corrected chi connectivity index (χ1v) is 10.1. The van der Waals surface area contributed by atoms with Crippen molar-refractivity contribution >= 4 is 23.4 Å². The van der Waals surface area contributed by atoms with E-state index in [1.807, 2.05) is 54.6 Å². The lowest BCUT2D eigenvalue weighted by molar-refractivity contribution is -0.121. The summed E-state index contributed by atoms with van der Waals surface area (Å²) < 4.78 is 5.77. The molecular formula is C25H22N2O4. The van der Waals surface area contributed by atoms with Gasteiger partial charge in [0, 0.05) is 24.9 Å². The number of nitrogens with zero attached hydrogens (tertiary/aromatic N) is 1. The third-order valence-electron chi connectivity index (χ3n) is 5.03. The molecule has 0 unspecified atom stereocenters. The van der Waals surface area contributed by atoms with Crippen molar-refractivity contribution < 1.29 is 19.1 Å². The molecule has 0 bridgehead atoms. The third-order valence-corrected chi connectivity index (χ3v) is 5.03. The lowest BCUT2D eigenvalue weighted by Gasteiger charge is -2.14. The van der Waals surface area contributed by atoms with Crippen LogP contribution in [0.1, 0.15) is 34.3 Å². The van der Waals surface area contributed by atoms with Crippen molar-refractivity contribution in [1.29, 1.82) is 0 Å². The second kappa shape index (κ2) is 9.26. The molecule has 0 saturated carbocycles. The van der Waals surface area contributed by atoms with Gasteiger partial charge in [-0.15, -0.1) is 0 Å². The Bertz CT molecular complexity index is 1080. The van der Waals surface area contributed by atoms with Crippen LogP contribution in [0.2, 0.25) is 0 Å². The van der Waals surface area contributed by atoms with Gasteiger partial charge in [-0.2, -0.15) is 0 Å². The minimum Gasteiger partial charge on any atom is -0.489 e. The van der Waals surface area contributed by atoms with Crippen molar-refractivity contribution in [2.45, 2.75) is 26.0 Å². The summed E-state index contributed by atoms with van der Waals surface area (Å²) in [5.41, 5.74) is 2.94. The highest BCUT2D eigenvalue weighted by Crippen LogP contribution is 2.22. The van der Waals surface area contributed by atoms with Crippen LogP contribution in [-0.2, 0) is 22.7 Å². The van der Waals surface area contributed by atoms with E-state index in [9.17, 15) is 14.4 Å². The van der Waals surface area contributed by atoms with Crippen LogP contribution >= 0.6 is 0 Å². The molecule has 3 amide bonds. The van der Waals surface area contributed by atoms with E-state index in [1.165, 1.54) is 4.90 Å². The van der Waals surface area contributed by atoms with Crippen molar-refractivity contribution in [3.63, 3.8) is 0 Å². The topological polar surface area (TPSA) is 75.7 Å². The number of hydrogen-bond donors (Lipinski definition) is 1. The van der Waals surface area contributed by atoms with Gasteiger partial charge in [-0.25, -0.2) is 0 Å². The fourth-order valence-corrected chi connectivity index (χ4v) is 3.42. The maximum absolute atomic E-state index is 12.5. The molecule has 1 aliphatic rings. The number of benzene rings is 3. The Labute approximate surface area is 180 Å². The molecule has 6 nitrogen and oxygen atoms in total. The number of ether oxygens (including phenoxy) is 1. The lowest BCUT2D eigenvalue weighted by atomic mass is 10.1. The molecule has 3 aromatic rings. The van der Waals surface area contributed by atoms with E-state index in [-0.39, 0.29) is 30.6 Å². The zero-order chi connectivity index (χ0) is 21.6. The van der Waals surface area contributed by atoms with Gasteiger partial charge in [0.25, 0.3) is 5.91 Å². The maximum Gasteiger partial charge on any atom is 0.251 e. The fraction of sp³-hybridized carbons (Fsp3) is 0.160. The van der Waals surface area contributed by atoms with Crippen LogP contribution in [0.15, 0.2) is 78.9 Å². The first kappa shape index (κ1) is 20.3. The fourth-order valence-electron chi connectivity index (χ4n) is 3.42. The molecule has 1 N–H and O–H groups in total. The van der Waals surface area contributed by atoms with E-state index in [2.05, 4.69) is 5.32 Å². The van der Waals surface area contributed by atoms with Gasteiger partial charge in [0.05, 0.1) is 5.69 Å². The molecule has 3 aromatic carbocycles. The molecule has 0 atom stereocenters. The monoisotopic (exact) mass is 414 g/mol. The summed E-state index contributed by atoms with van der Waals surface area (Å²) in [6.07, 6.45) is 0.465. The van der Waals surface area contributed by atoms with Crippen molar-refractivity contribution in [2.24, 2.45) is 0 Å². The standard InChI is InChI=1S/C25H22N2O4/c28-23-13-14-24(29)27(23)21-11-9-20(10-12-21)25(30)26-16-18-5-4-6-19(15-18)17-31-22-7-2-1-3-8-22/h1-12,15H,13-14,16-17H2,(H,26,30). The quantitative estimate of drug-likeness (QED) is 0.596. The average molecular weight is 414 g/mol. The number of rotatable bonds is 7. The predicted molar refractivity (Wildman–Crippen MR) is 117 cm³/mol. The van der Waals surface area contributed by atoms with Crippen molar-refractivity contribution in [3.8, 4) is 5.75 Å². The van der Waals surface area contributed by atoms with Gasteiger partial charge >= 0.3 is 0 Å². The van der Waals surface area contributed by atoms with E-state index in [4.69, 9.17) is 4.74 Å². The van der Waals surface area contributed by atoms with Gasteiger partial charge in [-0.3, -0.25) is 19.3 Å². The van der Waals surface area contributed by atoms with Crippen molar-refractivity contribution in [1.82, 2.24) is 5.32 Å². The van der Waals surface area contributed by atoms with Gasteiger partial charge in [0.15, 0.2) is 0 Å². The molecule has 1 fully saturated rings. The Balaban J connectivity index is 1.33. The predicted octanol–water partition coefficient (Wildman–Crippen LogP) is 3.85. The Hall–Kier alpha value is -3.93. The van der Waals surface area contributed by atoms with Crippen LogP contribution in [0, 0.1) is 0 Å². The van der Waals surface area contributed by atoms with Crippen molar-refractivity contribution in [2.75, 3.05) is 4.90 Å². The number of para-hydroxylation sites is 1. The van der Waals surface area contributed by atoms with Crippen LogP contribution < -0.4 is 15.0 Å². The summed E-state index contributed by atoms with van der Waals surface area (Å²) in [4.78, 5) is 37.3. The van der Waals surface area contributed by atoms with E-state index in [0.29, 0.717) is 24.4 Å². The molecular weight excluding hydrogens is 392 g/mol. The van der Waals surface area contributed by atoms with E-state index in [0.717, 1.165) is 16.9 Å². The average Bonchev–Trinajstić information content (AvgIpc) is 3.15. The lowest BCUT2D eigenvalue weighted by Crippen LogP contribution is -2.28. The van der Waals surface area contributed by atoms with Crippen LogP contribution in [0.4, 0.5) is 5.69 Å². The van der Waals surface area contributed by atoms with E-state index >= 15 is 0 Å². The van der Waals surface area contributed by atoms with Gasteiger partial charge in [-0.1, -0.05) is 42.5 Å². The molecule has 31 heavy (non-hydrogen) atoms. The second-order valence-electron chi connectivity index (χ2n) is 7.27. The van der Waals surface area contributed by atoms with Gasteiger partial charge in [0.1, 0.15) is 12.4 Å². The van der Waals surface area contributed by atoms with E-state index in [1.54, 1.807) is 24.3 Å². The summed E-state index contributed by atoms with van der Waals surface area (Å²) in [5, 5.41) is 2.90. The van der Waals surface area contributed by atoms with Crippen LogP contribution in [0.5, 0.6) is 5.75 Å². The smallest absolute Gasteiger partial charge is 0.251 e. The van der Waals surface area contributed by atoms with Crippen LogP contribution in [0.25, 0.3) is 0 Å². The van der Waals surface area contributed by atoms with Gasteiger partial charge in [0.2, 0.25) is 11.8 Å². The zero-order valence-corrected chi connectivity index (χ0v) is 16.9. The molecule has 1 aliphatic heterocycles. The largest absolute Gasteiger partial charge is 0.489 e. The van der Waals surface area contributed by atoms with Crippen molar-refractivity contribution in [3.05, 3.63) is 95.6 Å².